The van der Waals surface area contributed by atoms with Gasteiger partial charge in [-0.15, -0.1) is 0 Å². The zero-order valence-electron chi connectivity index (χ0n) is 14.6. The molecule has 0 aromatic heterocycles. The van der Waals surface area contributed by atoms with Crippen LogP contribution in [0.3, 0.4) is 0 Å². The van der Waals surface area contributed by atoms with E-state index in [1.165, 1.54) is 5.12 Å². The molecule has 4 rings (SSSR count). The van der Waals surface area contributed by atoms with Crippen LogP contribution >= 0.6 is 0 Å². The predicted molar refractivity (Wildman–Crippen MR) is 104 cm³/mol. The number of nitrogens with one attached hydrogen (secondary N) is 1. The summed E-state index contributed by atoms with van der Waals surface area (Å²) in [7, 11) is 0. The summed E-state index contributed by atoms with van der Waals surface area (Å²) in [6.07, 6.45) is 1.63. The van der Waals surface area contributed by atoms with Gasteiger partial charge in [-0.3, -0.25) is 5.43 Å². The largest absolute Gasteiger partial charge is 0.277 e. The Morgan fingerprint density at radius 1 is 0.929 bits per heavy atom. The number of nitriles is 1. The fourth-order valence-corrected chi connectivity index (χ4v) is 2.89. The lowest BCUT2D eigenvalue weighted by Gasteiger charge is -2.28. The summed E-state index contributed by atoms with van der Waals surface area (Å²) in [6, 6.07) is 22.3. The molecule has 0 amide bonds. The van der Waals surface area contributed by atoms with E-state index in [4.69, 9.17) is 5.26 Å². The molecule has 1 aliphatic heterocycles. The molecule has 0 radical (unpaired) electrons. The van der Waals surface area contributed by atoms with E-state index in [9.17, 15) is 8.78 Å². The first-order valence-electron chi connectivity index (χ1n) is 8.53. The van der Waals surface area contributed by atoms with Gasteiger partial charge in [0, 0.05) is 11.1 Å². The summed E-state index contributed by atoms with van der Waals surface area (Å²) in [5.74, 6) is -1.48. The van der Waals surface area contributed by atoms with Crippen LogP contribution in [-0.2, 0) is 0 Å². The van der Waals surface area contributed by atoms with E-state index >= 15 is 0 Å². The van der Waals surface area contributed by atoms with Gasteiger partial charge in [-0.2, -0.15) is 15.5 Å². The topological polar surface area (TPSA) is 51.4 Å². The minimum absolute atomic E-state index is 0.0409. The van der Waals surface area contributed by atoms with Crippen molar-refractivity contribution in [2.75, 3.05) is 5.12 Å². The van der Waals surface area contributed by atoms with Gasteiger partial charge in [-0.1, -0.05) is 48.5 Å². The molecular weight excluding hydrogens is 358 g/mol. The number of benzene rings is 3. The standard InChI is InChI=1S/C22H14F2N4/c23-17-11-16(14-25)22(24)19(12-17)21-13-20(15-7-3-1-4-8-15)26-28(27-21)18-9-5-2-6-10-18/h1-13,27H. The minimum Gasteiger partial charge on any atom is -0.277 e. The number of hydrazine groups is 1. The molecule has 0 fully saturated rings. The van der Waals surface area contributed by atoms with Gasteiger partial charge in [-0.25, -0.2) is 8.78 Å². The molecule has 1 N–H and O–H groups in total. The van der Waals surface area contributed by atoms with E-state index in [1.807, 2.05) is 60.7 Å². The normalized spacial score (nSPS) is 13.2. The third-order valence-corrected chi connectivity index (χ3v) is 4.23. The maximum Gasteiger partial charge on any atom is 0.150 e. The van der Waals surface area contributed by atoms with Gasteiger partial charge in [0.2, 0.25) is 0 Å². The number of halogens is 2. The van der Waals surface area contributed by atoms with Crippen LogP contribution in [0.15, 0.2) is 84.0 Å². The number of para-hydroxylation sites is 1. The van der Waals surface area contributed by atoms with E-state index in [0.29, 0.717) is 11.4 Å². The average Bonchev–Trinajstić information content (AvgIpc) is 2.76. The summed E-state index contributed by atoms with van der Waals surface area (Å²) in [6.45, 7) is 0. The van der Waals surface area contributed by atoms with Gasteiger partial charge < -0.3 is 0 Å². The van der Waals surface area contributed by atoms with E-state index in [2.05, 4.69) is 10.5 Å². The Kier molecular flexibility index (Phi) is 4.56. The predicted octanol–water partition coefficient (Wildman–Crippen LogP) is 4.61. The summed E-state index contributed by atoms with van der Waals surface area (Å²) < 4.78 is 28.7. The highest BCUT2D eigenvalue weighted by Crippen LogP contribution is 2.26. The van der Waals surface area contributed by atoms with Crippen molar-refractivity contribution >= 4 is 17.1 Å². The maximum absolute atomic E-state index is 14.8. The molecule has 28 heavy (non-hydrogen) atoms. The van der Waals surface area contributed by atoms with Gasteiger partial charge in [0.15, 0.2) is 5.82 Å². The molecule has 0 spiro atoms. The van der Waals surface area contributed by atoms with Crippen LogP contribution in [0, 0.1) is 23.0 Å². The second kappa shape index (κ2) is 7.33. The second-order valence-corrected chi connectivity index (χ2v) is 6.10. The lowest BCUT2D eigenvalue weighted by Crippen LogP contribution is -2.37. The van der Waals surface area contributed by atoms with Gasteiger partial charge in [0.25, 0.3) is 0 Å². The van der Waals surface area contributed by atoms with Gasteiger partial charge in [-0.05, 0) is 30.3 Å². The van der Waals surface area contributed by atoms with E-state index in [1.54, 1.807) is 12.1 Å². The van der Waals surface area contributed by atoms with Crippen molar-refractivity contribution in [1.82, 2.24) is 5.43 Å². The summed E-state index contributed by atoms with van der Waals surface area (Å²) >= 11 is 0. The Morgan fingerprint density at radius 3 is 2.29 bits per heavy atom. The third kappa shape index (κ3) is 3.33. The Hall–Kier alpha value is -3.98. The molecule has 0 saturated carbocycles. The van der Waals surface area contributed by atoms with E-state index in [0.717, 1.165) is 23.4 Å². The van der Waals surface area contributed by atoms with E-state index in [-0.39, 0.29) is 11.1 Å². The molecular formula is C22H14F2N4. The number of allylic oxidation sites excluding steroid dienone is 1. The lowest BCUT2D eigenvalue weighted by atomic mass is 10.0. The number of anilines is 1. The van der Waals surface area contributed by atoms with Crippen LogP contribution in [0.2, 0.25) is 0 Å². The molecule has 1 heterocycles. The molecule has 3 aromatic carbocycles. The van der Waals surface area contributed by atoms with Crippen LogP contribution in [0.1, 0.15) is 16.7 Å². The van der Waals surface area contributed by atoms with Gasteiger partial charge in [0.05, 0.1) is 22.7 Å². The molecule has 4 nitrogen and oxygen atoms in total. The van der Waals surface area contributed by atoms with Crippen molar-refractivity contribution in [3.8, 4) is 6.07 Å². The lowest BCUT2D eigenvalue weighted by molar-refractivity contribution is 0.591. The van der Waals surface area contributed by atoms with Crippen LogP contribution in [0.5, 0.6) is 0 Å². The Morgan fingerprint density at radius 2 is 1.61 bits per heavy atom. The molecule has 3 aromatic rings. The van der Waals surface area contributed by atoms with E-state index < -0.39 is 11.6 Å². The minimum atomic E-state index is -0.787. The molecule has 0 saturated heterocycles. The van der Waals surface area contributed by atoms with Crippen molar-refractivity contribution in [2.45, 2.75) is 0 Å². The molecule has 136 valence electrons. The molecule has 0 unspecified atom stereocenters. The third-order valence-electron chi connectivity index (χ3n) is 4.23. The van der Waals surface area contributed by atoms with Crippen molar-refractivity contribution in [3.05, 3.63) is 107 Å². The number of nitrogens with zero attached hydrogens (tertiary/aromatic N) is 3. The SMILES string of the molecule is N#Cc1cc(F)cc(C2=CC(c3ccccc3)=NN(c3ccccc3)N2)c1F. The Labute approximate surface area is 160 Å². The zero-order valence-corrected chi connectivity index (χ0v) is 14.6. The van der Waals surface area contributed by atoms with Crippen molar-refractivity contribution in [3.63, 3.8) is 0 Å². The van der Waals surface area contributed by atoms with Crippen molar-refractivity contribution in [2.24, 2.45) is 5.10 Å². The number of hydrogen-bond acceptors (Lipinski definition) is 4. The molecule has 0 bridgehead atoms. The first-order valence-corrected chi connectivity index (χ1v) is 8.53. The Bertz CT molecular complexity index is 1120. The molecule has 6 heteroatoms. The highest BCUT2D eigenvalue weighted by Gasteiger charge is 2.21. The van der Waals surface area contributed by atoms with Crippen LogP contribution in [0.4, 0.5) is 14.5 Å². The number of rotatable bonds is 3. The fourth-order valence-electron chi connectivity index (χ4n) is 2.89. The second-order valence-electron chi connectivity index (χ2n) is 6.10. The number of hydrazone groups is 1. The quantitative estimate of drug-likeness (QED) is 0.731. The van der Waals surface area contributed by atoms with Crippen molar-refractivity contribution in [1.29, 1.82) is 5.26 Å². The first kappa shape index (κ1) is 17.4. The smallest absolute Gasteiger partial charge is 0.150 e. The molecule has 1 aliphatic rings. The van der Waals surface area contributed by atoms with Crippen LogP contribution in [-0.4, -0.2) is 5.71 Å². The highest BCUT2D eigenvalue weighted by atomic mass is 19.1. The van der Waals surface area contributed by atoms with Crippen molar-refractivity contribution < 1.29 is 8.78 Å². The molecule has 0 atom stereocenters. The first-order chi connectivity index (χ1) is 13.7. The fraction of sp³-hybridized carbons (Fsp3) is 0. The summed E-state index contributed by atoms with van der Waals surface area (Å²) in [5.41, 5.74) is 5.01. The van der Waals surface area contributed by atoms with Crippen LogP contribution < -0.4 is 10.5 Å². The monoisotopic (exact) mass is 372 g/mol. The van der Waals surface area contributed by atoms with Crippen LogP contribution in [0.25, 0.3) is 5.70 Å². The summed E-state index contributed by atoms with van der Waals surface area (Å²) in [4.78, 5) is 0. The Balaban J connectivity index is 1.86. The summed E-state index contributed by atoms with van der Waals surface area (Å²) in [5, 5.41) is 15.2. The molecule has 0 aliphatic carbocycles. The maximum atomic E-state index is 14.8. The zero-order chi connectivity index (χ0) is 19.5. The highest BCUT2D eigenvalue weighted by molar-refractivity contribution is 6.13. The average molecular weight is 372 g/mol. The number of hydrogen-bond donors (Lipinski definition) is 1. The van der Waals surface area contributed by atoms with Gasteiger partial charge >= 0.3 is 0 Å². The van der Waals surface area contributed by atoms with Gasteiger partial charge in [0.1, 0.15) is 11.9 Å².